The van der Waals surface area contributed by atoms with Crippen LogP contribution in [0.3, 0.4) is 0 Å². The van der Waals surface area contributed by atoms with Crippen LogP contribution in [0.4, 0.5) is 0 Å². The standard InChI is InChI=1S/C21H19BrN2O3/c1-26-19-8-5-14(9-16(12-23)21(25)24-18-6-7-18)11-20(19)27-13-15-3-2-4-17(22)10-15/h2-5,8-11,18H,6-7,13H2,1H3,(H,24,25)/b16-9+. The number of nitriles is 1. The molecular weight excluding hydrogens is 408 g/mol. The first-order valence-corrected chi connectivity index (χ1v) is 9.36. The smallest absolute Gasteiger partial charge is 0.262 e. The molecule has 5 nitrogen and oxygen atoms in total. The number of carbonyl (C=O) groups excluding carboxylic acids is 1. The number of benzene rings is 2. The quantitative estimate of drug-likeness (QED) is 0.531. The summed E-state index contributed by atoms with van der Waals surface area (Å²) >= 11 is 3.44. The molecule has 6 heteroatoms. The Balaban J connectivity index is 1.78. The second kappa shape index (κ2) is 8.74. The molecule has 27 heavy (non-hydrogen) atoms. The molecule has 0 saturated heterocycles. The third-order valence-corrected chi connectivity index (χ3v) is 4.55. The van der Waals surface area contributed by atoms with Gasteiger partial charge in [-0.15, -0.1) is 0 Å². The first kappa shape index (κ1) is 19.0. The number of methoxy groups -OCH3 is 1. The van der Waals surface area contributed by atoms with Crippen LogP contribution in [0.15, 0.2) is 52.5 Å². The number of amides is 1. The summed E-state index contributed by atoms with van der Waals surface area (Å²) in [7, 11) is 1.57. The van der Waals surface area contributed by atoms with E-state index in [-0.39, 0.29) is 17.5 Å². The predicted molar refractivity (Wildman–Crippen MR) is 106 cm³/mol. The van der Waals surface area contributed by atoms with E-state index in [0.29, 0.717) is 23.7 Å². The Kier molecular flexibility index (Phi) is 6.15. The number of halogens is 1. The van der Waals surface area contributed by atoms with Gasteiger partial charge >= 0.3 is 0 Å². The summed E-state index contributed by atoms with van der Waals surface area (Å²) < 4.78 is 12.2. The largest absolute Gasteiger partial charge is 0.493 e. The lowest BCUT2D eigenvalue weighted by Crippen LogP contribution is -2.26. The van der Waals surface area contributed by atoms with Gasteiger partial charge in [0.1, 0.15) is 18.2 Å². The molecular formula is C21H19BrN2O3. The topological polar surface area (TPSA) is 71.3 Å². The number of carbonyl (C=O) groups is 1. The molecule has 1 saturated carbocycles. The summed E-state index contributed by atoms with van der Waals surface area (Å²) in [6.45, 7) is 0.371. The maximum Gasteiger partial charge on any atom is 0.262 e. The Morgan fingerprint density at radius 1 is 1.30 bits per heavy atom. The van der Waals surface area contributed by atoms with Gasteiger partial charge in [-0.2, -0.15) is 5.26 Å². The fraction of sp³-hybridized carbons (Fsp3) is 0.238. The van der Waals surface area contributed by atoms with Crippen LogP contribution in [0.1, 0.15) is 24.0 Å². The molecule has 2 aromatic carbocycles. The summed E-state index contributed by atoms with van der Waals surface area (Å²) in [5.74, 6) is 0.793. The fourth-order valence-corrected chi connectivity index (χ4v) is 2.94. The van der Waals surface area contributed by atoms with Gasteiger partial charge in [0.25, 0.3) is 5.91 Å². The van der Waals surface area contributed by atoms with E-state index in [9.17, 15) is 10.1 Å². The highest BCUT2D eigenvalue weighted by Crippen LogP contribution is 2.30. The van der Waals surface area contributed by atoms with E-state index in [1.807, 2.05) is 30.3 Å². The monoisotopic (exact) mass is 426 g/mol. The van der Waals surface area contributed by atoms with Crippen molar-refractivity contribution in [1.82, 2.24) is 5.32 Å². The molecule has 1 aliphatic carbocycles. The van der Waals surface area contributed by atoms with Crippen molar-refractivity contribution in [2.24, 2.45) is 0 Å². The van der Waals surface area contributed by atoms with Gasteiger partial charge in [0.05, 0.1) is 7.11 Å². The van der Waals surface area contributed by atoms with Crippen molar-refractivity contribution in [3.63, 3.8) is 0 Å². The maximum absolute atomic E-state index is 12.1. The van der Waals surface area contributed by atoms with Crippen LogP contribution < -0.4 is 14.8 Å². The van der Waals surface area contributed by atoms with Gasteiger partial charge in [-0.1, -0.05) is 34.1 Å². The van der Waals surface area contributed by atoms with Crippen LogP contribution >= 0.6 is 15.9 Å². The Labute approximate surface area is 166 Å². The summed E-state index contributed by atoms with van der Waals surface area (Å²) in [5, 5.41) is 12.1. The fourth-order valence-electron chi connectivity index (χ4n) is 2.49. The van der Waals surface area contributed by atoms with E-state index in [2.05, 4.69) is 21.2 Å². The minimum atomic E-state index is -0.340. The van der Waals surface area contributed by atoms with Gasteiger partial charge in [0, 0.05) is 10.5 Å². The highest BCUT2D eigenvalue weighted by atomic mass is 79.9. The summed E-state index contributed by atoms with van der Waals surface area (Å²) in [6, 6.07) is 15.3. The van der Waals surface area contributed by atoms with Crippen LogP contribution in [0.2, 0.25) is 0 Å². The van der Waals surface area contributed by atoms with Crippen LogP contribution in [0.5, 0.6) is 11.5 Å². The van der Waals surface area contributed by atoms with Gasteiger partial charge in [-0.25, -0.2) is 0 Å². The van der Waals surface area contributed by atoms with Crippen LogP contribution in [-0.2, 0) is 11.4 Å². The van der Waals surface area contributed by atoms with Crippen molar-refractivity contribution in [1.29, 1.82) is 5.26 Å². The maximum atomic E-state index is 12.1. The molecule has 1 amide bonds. The second-order valence-corrected chi connectivity index (χ2v) is 7.16. The highest BCUT2D eigenvalue weighted by molar-refractivity contribution is 9.10. The number of hydrogen-bond acceptors (Lipinski definition) is 4. The average molecular weight is 427 g/mol. The lowest BCUT2D eigenvalue weighted by atomic mass is 10.1. The first-order chi connectivity index (χ1) is 13.1. The number of hydrogen-bond donors (Lipinski definition) is 1. The lowest BCUT2D eigenvalue weighted by molar-refractivity contribution is -0.117. The molecule has 1 aliphatic rings. The third kappa shape index (κ3) is 5.35. The molecule has 0 spiro atoms. The van der Waals surface area contributed by atoms with Gasteiger partial charge in [0.15, 0.2) is 11.5 Å². The molecule has 0 atom stereocenters. The highest BCUT2D eigenvalue weighted by Gasteiger charge is 2.24. The normalized spacial score (nSPS) is 13.6. The molecule has 0 aromatic heterocycles. The molecule has 138 valence electrons. The Morgan fingerprint density at radius 2 is 2.11 bits per heavy atom. The van der Waals surface area contributed by atoms with Gasteiger partial charge in [0.2, 0.25) is 0 Å². The molecule has 2 aromatic rings. The molecule has 0 heterocycles. The predicted octanol–water partition coefficient (Wildman–Crippen LogP) is 4.22. The Morgan fingerprint density at radius 3 is 2.78 bits per heavy atom. The summed E-state index contributed by atoms with van der Waals surface area (Å²) in [6.07, 6.45) is 3.50. The van der Waals surface area contributed by atoms with E-state index < -0.39 is 0 Å². The SMILES string of the molecule is COc1ccc(/C=C(\C#N)C(=O)NC2CC2)cc1OCc1cccc(Br)c1. The van der Waals surface area contributed by atoms with E-state index >= 15 is 0 Å². The van der Waals surface area contributed by atoms with Gasteiger partial charge in [-0.05, 0) is 54.3 Å². The van der Waals surface area contributed by atoms with Crippen molar-refractivity contribution in [2.45, 2.75) is 25.5 Å². The first-order valence-electron chi connectivity index (χ1n) is 8.57. The van der Waals surface area contributed by atoms with Gasteiger partial charge < -0.3 is 14.8 Å². The van der Waals surface area contributed by atoms with Crippen molar-refractivity contribution >= 4 is 27.9 Å². The zero-order valence-electron chi connectivity index (χ0n) is 14.9. The zero-order valence-corrected chi connectivity index (χ0v) is 16.5. The summed E-state index contributed by atoms with van der Waals surface area (Å²) in [4.78, 5) is 12.1. The van der Waals surface area contributed by atoms with E-state index in [4.69, 9.17) is 9.47 Å². The van der Waals surface area contributed by atoms with E-state index in [1.54, 1.807) is 31.4 Å². The minimum absolute atomic E-state index is 0.0741. The Hall–Kier alpha value is -2.78. The van der Waals surface area contributed by atoms with Crippen LogP contribution in [0, 0.1) is 11.3 Å². The van der Waals surface area contributed by atoms with Crippen LogP contribution in [-0.4, -0.2) is 19.1 Å². The number of rotatable bonds is 7. The number of nitrogens with zero attached hydrogens (tertiary/aromatic N) is 1. The van der Waals surface area contributed by atoms with Crippen molar-refractivity contribution in [3.8, 4) is 17.6 Å². The molecule has 1 N–H and O–H groups in total. The van der Waals surface area contributed by atoms with E-state index in [0.717, 1.165) is 22.9 Å². The third-order valence-electron chi connectivity index (χ3n) is 4.06. The molecule has 1 fully saturated rings. The minimum Gasteiger partial charge on any atom is -0.493 e. The summed E-state index contributed by atoms with van der Waals surface area (Å²) in [5.41, 5.74) is 1.78. The molecule has 3 rings (SSSR count). The number of nitrogens with one attached hydrogen (secondary N) is 1. The molecule has 0 aliphatic heterocycles. The molecule has 0 bridgehead atoms. The zero-order chi connectivity index (χ0) is 19.2. The molecule has 0 unspecified atom stereocenters. The van der Waals surface area contributed by atoms with Crippen molar-refractivity contribution < 1.29 is 14.3 Å². The van der Waals surface area contributed by atoms with Gasteiger partial charge in [-0.3, -0.25) is 4.79 Å². The van der Waals surface area contributed by atoms with Crippen molar-refractivity contribution in [2.75, 3.05) is 7.11 Å². The van der Waals surface area contributed by atoms with Crippen LogP contribution in [0.25, 0.3) is 6.08 Å². The second-order valence-electron chi connectivity index (χ2n) is 6.25. The Bertz CT molecular complexity index is 914. The molecule has 0 radical (unpaired) electrons. The lowest BCUT2D eigenvalue weighted by Gasteiger charge is -2.12. The average Bonchev–Trinajstić information content (AvgIpc) is 3.48. The van der Waals surface area contributed by atoms with Crippen molar-refractivity contribution in [3.05, 3.63) is 63.6 Å². The number of ether oxygens (including phenoxy) is 2. The van der Waals surface area contributed by atoms with E-state index in [1.165, 1.54) is 0 Å².